The monoisotopic (exact) mass is 357 g/mol. The SMILES string of the molecule is CC(C)N(C(=O)CSc1nnc(-c2ccco2)n1N)c1ccccc1. The van der Waals surface area contributed by atoms with Crippen LogP contribution in [-0.4, -0.2) is 32.6 Å². The summed E-state index contributed by atoms with van der Waals surface area (Å²) >= 11 is 1.25. The molecule has 0 atom stereocenters. The van der Waals surface area contributed by atoms with Crippen LogP contribution in [-0.2, 0) is 4.79 Å². The maximum atomic E-state index is 12.7. The highest BCUT2D eigenvalue weighted by atomic mass is 32.2. The van der Waals surface area contributed by atoms with Crippen LogP contribution in [0.2, 0.25) is 0 Å². The summed E-state index contributed by atoms with van der Waals surface area (Å²) < 4.78 is 6.61. The summed E-state index contributed by atoms with van der Waals surface area (Å²) in [6, 6.07) is 13.1. The van der Waals surface area contributed by atoms with Crippen LogP contribution in [0.3, 0.4) is 0 Å². The van der Waals surface area contributed by atoms with Crippen LogP contribution in [0.1, 0.15) is 13.8 Å². The van der Waals surface area contributed by atoms with Gasteiger partial charge in [0, 0.05) is 11.7 Å². The number of benzene rings is 1. The molecule has 0 fully saturated rings. The van der Waals surface area contributed by atoms with Crippen molar-refractivity contribution < 1.29 is 9.21 Å². The minimum absolute atomic E-state index is 0.0197. The average molecular weight is 357 g/mol. The predicted octanol–water partition coefficient (Wildman–Crippen LogP) is 2.79. The van der Waals surface area contributed by atoms with E-state index in [1.54, 1.807) is 23.3 Å². The van der Waals surface area contributed by atoms with Crippen LogP contribution in [0.4, 0.5) is 5.69 Å². The van der Waals surface area contributed by atoms with Crippen molar-refractivity contribution in [1.29, 1.82) is 0 Å². The Morgan fingerprint density at radius 3 is 2.64 bits per heavy atom. The number of furan rings is 1. The molecule has 0 radical (unpaired) electrons. The lowest BCUT2D eigenvalue weighted by Gasteiger charge is -2.26. The number of hydrogen-bond donors (Lipinski definition) is 1. The fraction of sp³-hybridized carbons (Fsp3) is 0.235. The lowest BCUT2D eigenvalue weighted by Crippen LogP contribution is -2.38. The maximum absolute atomic E-state index is 12.7. The molecule has 7 nitrogen and oxygen atoms in total. The fourth-order valence-corrected chi connectivity index (χ4v) is 3.18. The highest BCUT2D eigenvalue weighted by molar-refractivity contribution is 7.99. The summed E-state index contributed by atoms with van der Waals surface area (Å²) in [5.41, 5.74) is 0.869. The quantitative estimate of drug-likeness (QED) is 0.539. The van der Waals surface area contributed by atoms with E-state index in [-0.39, 0.29) is 17.7 Å². The summed E-state index contributed by atoms with van der Waals surface area (Å²) in [6.07, 6.45) is 1.54. The molecular weight excluding hydrogens is 338 g/mol. The van der Waals surface area contributed by atoms with E-state index in [1.807, 2.05) is 44.2 Å². The first-order valence-electron chi connectivity index (χ1n) is 7.82. The van der Waals surface area contributed by atoms with Gasteiger partial charge in [-0.2, -0.15) is 0 Å². The molecule has 0 aliphatic rings. The average Bonchev–Trinajstić information content (AvgIpc) is 3.23. The number of carbonyl (C=O) groups is 1. The number of thioether (sulfide) groups is 1. The summed E-state index contributed by atoms with van der Waals surface area (Å²) in [6.45, 7) is 3.96. The van der Waals surface area contributed by atoms with Crippen molar-refractivity contribution in [3.8, 4) is 11.6 Å². The number of hydrogen-bond acceptors (Lipinski definition) is 6. The number of carbonyl (C=O) groups excluding carboxylic acids is 1. The third kappa shape index (κ3) is 3.69. The summed E-state index contributed by atoms with van der Waals surface area (Å²) in [5.74, 6) is 7.15. The van der Waals surface area contributed by atoms with Crippen molar-refractivity contribution in [2.24, 2.45) is 0 Å². The van der Waals surface area contributed by atoms with Gasteiger partial charge in [0.2, 0.25) is 16.9 Å². The van der Waals surface area contributed by atoms with Crippen molar-refractivity contribution in [2.75, 3.05) is 16.5 Å². The maximum Gasteiger partial charge on any atom is 0.237 e. The molecule has 0 spiro atoms. The van der Waals surface area contributed by atoms with Crippen LogP contribution in [0, 0.1) is 0 Å². The number of amides is 1. The molecule has 130 valence electrons. The molecule has 0 aliphatic heterocycles. The van der Waals surface area contributed by atoms with Gasteiger partial charge in [-0.1, -0.05) is 30.0 Å². The molecule has 3 aromatic rings. The molecular formula is C17H19N5O2S. The number of para-hydroxylation sites is 1. The highest BCUT2D eigenvalue weighted by Gasteiger charge is 2.21. The Hall–Kier alpha value is -2.74. The van der Waals surface area contributed by atoms with E-state index in [0.29, 0.717) is 16.7 Å². The van der Waals surface area contributed by atoms with E-state index in [0.717, 1.165) is 5.69 Å². The molecule has 2 aromatic heterocycles. The van der Waals surface area contributed by atoms with E-state index in [4.69, 9.17) is 10.3 Å². The van der Waals surface area contributed by atoms with Crippen LogP contribution >= 0.6 is 11.8 Å². The van der Waals surface area contributed by atoms with Gasteiger partial charge in [-0.3, -0.25) is 4.79 Å². The van der Waals surface area contributed by atoms with Crippen LogP contribution < -0.4 is 10.7 Å². The van der Waals surface area contributed by atoms with Crippen molar-refractivity contribution in [3.63, 3.8) is 0 Å². The molecule has 25 heavy (non-hydrogen) atoms. The first kappa shape index (κ1) is 17.1. The zero-order chi connectivity index (χ0) is 17.8. The lowest BCUT2D eigenvalue weighted by molar-refractivity contribution is -0.116. The molecule has 1 amide bonds. The van der Waals surface area contributed by atoms with Crippen molar-refractivity contribution in [2.45, 2.75) is 25.0 Å². The Balaban J connectivity index is 1.71. The second kappa shape index (κ2) is 7.43. The second-order valence-electron chi connectivity index (χ2n) is 5.64. The van der Waals surface area contributed by atoms with Crippen molar-refractivity contribution >= 4 is 23.4 Å². The highest BCUT2D eigenvalue weighted by Crippen LogP contribution is 2.23. The Labute approximate surface area is 149 Å². The van der Waals surface area contributed by atoms with Crippen LogP contribution in [0.15, 0.2) is 58.3 Å². The minimum Gasteiger partial charge on any atom is -0.461 e. The largest absolute Gasteiger partial charge is 0.461 e. The number of nitrogens with two attached hydrogens (primary N) is 1. The van der Waals surface area contributed by atoms with E-state index in [2.05, 4.69) is 10.2 Å². The van der Waals surface area contributed by atoms with E-state index >= 15 is 0 Å². The van der Waals surface area contributed by atoms with Gasteiger partial charge in [0.05, 0.1) is 12.0 Å². The Morgan fingerprint density at radius 2 is 2.00 bits per heavy atom. The second-order valence-corrected chi connectivity index (χ2v) is 6.58. The molecule has 0 saturated carbocycles. The van der Waals surface area contributed by atoms with Gasteiger partial charge < -0.3 is 15.2 Å². The molecule has 2 heterocycles. The molecule has 2 N–H and O–H groups in total. The molecule has 3 rings (SSSR count). The lowest BCUT2D eigenvalue weighted by atomic mass is 10.2. The first-order chi connectivity index (χ1) is 12.1. The van der Waals surface area contributed by atoms with Crippen LogP contribution in [0.5, 0.6) is 0 Å². The van der Waals surface area contributed by atoms with Gasteiger partial charge in [0.1, 0.15) is 0 Å². The molecule has 0 bridgehead atoms. The Bertz CT molecular complexity index is 830. The van der Waals surface area contributed by atoms with Gasteiger partial charge in [0.25, 0.3) is 0 Å². The number of nitrogens with zero attached hydrogens (tertiary/aromatic N) is 4. The minimum atomic E-state index is -0.0197. The van der Waals surface area contributed by atoms with Gasteiger partial charge in [-0.05, 0) is 38.1 Å². The van der Waals surface area contributed by atoms with Gasteiger partial charge in [0.15, 0.2) is 5.76 Å². The topological polar surface area (TPSA) is 90.2 Å². The molecule has 1 aromatic carbocycles. The van der Waals surface area contributed by atoms with Crippen LogP contribution in [0.25, 0.3) is 11.6 Å². The van der Waals surface area contributed by atoms with Gasteiger partial charge >= 0.3 is 0 Å². The van der Waals surface area contributed by atoms with Crippen molar-refractivity contribution in [1.82, 2.24) is 14.9 Å². The smallest absolute Gasteiger partial charge is 0.237 e. The first-order valence-corrected chi connectivity index (χ1v) is 8.80. The van der Waals surface area contributed by atoms with Gasteiger partial charge in [-0.25, -0.2) is 4.68 Å². The van der Waals surface area contributed by atoms with E-state index in [1.165, 1.54) is 16.4 Å². The predicted molar refractivity (Wildman–Crippen MR) is 97.7 cm³/mol. The number of rotatable bonds is 6. The number of anilines is 1. The zero-order valence-electron chi connectivity index (χ0n) is 14.0. The molecule has 0 unspecified atom stereocenters. The normalized spacial score (nSPS) is 11.0. The number of nitrogen functional groups attached to an aromatic ring is 1. The van der Waals surface area contributed by atoms with Gasteiger partial charge in [-0.15, -0.1) is 10.2 Å². The molecule has 8 heteroatoms. The van der Waals surface area contributed by atoms with Crippen molar-refractivity contribution in [3.05, 3.63) is 48.7 Å². The molecule has 0 saturated heterocycles. The fourth-order valence-electron chi connectivity index (χ4n) is 2.46. The molecule has 0 aliphatic carbocycles. The Morgan fingerprint density at radius 1 is 1.24 bits per heavy atom. The third-order valence-electron chi connectivity index (χ3n) is 3.55. The number of aromatic nitrogens is 3. The summed E-state index contributed by atoms with van der Waals surface area (Å²) in [5, 5.41) is 8.52. The summed E-state index contributed by atoms with van der Waals surface area (Å²) in [7, 11) is 0. The third-order valence-corrected chi connectivity index (χ3v) is 4.48. The zero-order valence-corrected chi connectivity index (χ0v) is 14.8. The summed E-state index contributed by atoms with van der Waals surface area (Å²) in [4.78, 5) is 14.5. The standard InChI is InChI=1S/C17H19N5O2S/c1-12(2)21(13-7-4-3-5-8-13)15(23)11-25-17-20-19-16(22(17)18)14-9-6-10-24-14/h3-10,12H,11,18H2,1-2H3. The Kier molecular flexibility index (Phi) is 5.08. The van der Waals surface area contributed by atoms with E-state index in [9.17, 15) is 4.79 Å². The van der Waals surface area contributed by atoms with E-state index < -0.39 is 0 Å².